The van der Waals surface area contributed by atoms with Crippen LogP contribution in [-0.2, 0) is 6.42 Å². The molecule has 1 aliphatic rings. The molecule has 0 bridgehead atoms. The van der Waals surface area contributed by atoms with Crippen molar-refractivity contribution in [1.82, 2.24) is 9.55 Å². The number of imidazole rings is 1. The minimum atomic E-state index is -0.319. The summed E-state index contributed by atoms with van der Waals surface area (Å²) in [5, 5.41) is 19.0. The summed E-state index contributed by atoms with van der Waals surface area (Å²) in [5.41, 5.74) is 1.93. The molecule has 0 spiro atoms. The molecule has 2 atom stereocenters. The van der Waals surface area contributed by atoms with E-state index in [2.05, 4.69) is 15.6 Å². The summed E-state index contributed by atoms with van der Waals surface area (Å²) in [7, 11) is 0. The van der Waals surface area contributed by atoms with Gasteiger partial charge in [0.2, 0.25) is 0 Å². The molecule has 18 heavy (non-hydrogen) atoms. The van der Waals surface area contributed by atoms with Crippen molar-refractivity contribution in [2.75, 3.05) is 0 Å². The Labute approximate surface area is 105 Å². The van der Waals surface area contributed by atoms with Crippen molar-refractivity contribution in [2.24, 2.45) is 0 Å². The summed E-state index contributed by atoms with van der Waals surface area (Å²) >= 11 is 0. The molecule has 2 unspecified atom stereocenters. The van der Waals surface area contributed by atoms with Crippen molar-refractivity contribution in [1.29, 1.82) is 5.26 Å². The number of rotatable bonds is 2. The predicted molar refractivity (Wildman–Crippen MR) is 67.9 cm³/mol. The Bertz CT molecular complexity index is 611. The van der Waals surface area contributed by atoms with Crippen molar-refractivity contribution in [3.63, 3.8) is 0 Å². The first-order valence-electron chi connectivity index (χ1n) is 6.32. The van der Waals surface area contributed by atoms with Crippen LogP contribution in [0.4, 0.5) is 0 Å². The van der Waals surface area contributed by atoms with Gasteiger partial charge in [-0.1, -0.05) is 12.1 Å². The van der Waals surface area contributed by atoms with Crippen molar-refractivity contribution in [3.8, 4) is 6.07 Å². The quantitative estimate of drug-likeness (QED) is 0.876. The highest BCUT2D eigenvalue weighted by Crippen LogP contribution is 2.34. The number of aliphatic hydroxyl groups excluding tert-OH is 1. The Balaban J connectivity index is 2.18. The summed E-state index contributed by atoms with van der Waals surface area (Å²) in [4.78, 5) is 4.51. The molecule has 1 saturated carbocycles. The molecule has 2 aromatic rings. The molecule has 1 fully saturated rings. The monoisotopic (exact) mass is 241 g/mol. The smallest absolute Gasteiger partial charge is 0.124 e. The number of aliphatic hydroxyl groups is 1. The van der Waals surface area contributed by atoms with Crippen LogP contribution in [0.5, 0.6) is 0 Å². The van der Waals surface area contributed by atoms with Crippen LogP contribution in [0.25, 0.3) is 11.0 Å². The van der Waals surface area contributed by atoms with Gasteiger partial charge in [-0.2, -0.15) is 5.26 Å². The number of aromatic nitrogens is 2. The van der Waals surface area contributed by atoms with Gasteiger partial charge in [0.15, 0.2) is 0 Å². The fraction of sp³-hybridized carbons (Fsp3) is 0.429. The SMILES string of the molecule is N#CCc1nc2ccccc2n1C1CCCC1O. The molecule has 4 nitrogen and oxygen atoms in total. The topological polar surface area (TPSA) is 61.8 Å². The van der Waals surface area contributed by atoms with Crippen LogP contribution in [-0.4, -0.2) is 20.8 Å². The normalized spacial score (nSPS) is 23.3. The highest BCUT2D eigenvalue weighted by Gasteiger charge is 2.29. The number of nitriles is 1. The molecule has 1 heterocycles. The van der Waals surface area contributed by atoms with Gasteiger partial charge < -0.3 is 9.67 Å². The van der Waals surface area contributed by atoms with E-state index in [0.717, 1.165) is 36.1 Å². The van der Waals surface area contributed by atoms with Gasteiger partial charge in [-0.3, -0.25) is 0 Å². The second-order valence-corrected chi connectivity index (χ2v) is 4.79. The van der Waals surface area contributed by atoms with Gasteiger partial charge in [0.1, 0.15) is 5.82 Å². The first-order chi connectivity index (χ1) is 8.81. The number of fused-ring (bicyclic) bond motifs is 1. The summed E-state index contributed by atoms with van der Waals surface area (Å²) in [6.07, 6.45) is 2.80. The molecule has 92 valence electrons. The second-order valence-electron chi connectivity index (χ2n) is 4.79. The van der Waals surface area contributed by atoms with E-state index in [4.69, 9.17) is 5.26 Å². The van der Waals surface area contributed by atoms with Gasteiger partial charge in [-0.15, -0.1) is 0 Å². The molecule has 4 heteroatoms. The molecule has 0 radical (unpaired) electrons. The fourth-order valence-electron chi connectivity index (χ4n) is 2.88. The Kier molecular flexibility index (Phi) is 2.77. The highest BCUT2D eigenvalue weighted by atomic mass is 16.3. The van der Waals surface area contributed by atoms with Gasteiger partial charge in [0.05, 0.1) is 35.7 Å². The lowest BCUT2D eigenvalue weighted by Crippen LogP contribution is -2.20. The lowest BCUT2D eigenvalue weighted by atomic mass is 10.2. The van der Waals surface area contributed by atoms with Crippen LogP contribution in [0.15, 0.2) is 24.3 Å². The second kappa shape index (κ2) is 4.43. The summed E-state index contributed by atoms with van der Waals surface area (Å²) in [5.74, 6) is 0.768. The maximum atomic E-state index is 10.1. The molecule has 0 amide bonds. The number of para-hydroxylation sites is 2. The predicted octanol–water partition coefficient (Wildman–Crippen LogP) is 2.19. The standard InChI is InChI=1S/C14H15N3O/c15-9-8-14-16-10-4-1-2-5-11(10)17(14)12-6-3-7-13(12)18/h1-2,4-5,12-13,18H,3,6-8H2. The summed E-state index contributed by atoms with van der Waals surface area (Å²) < 4.78 is 2.07. The maximum absolute atomic E-state index is 10.1. The van der Waals surface area contributed by atoms with E-state index in [1.54, 1.807) is 0 Å². The van der Waals surface area contributed by atoms with Crippen LogP contribution in [0.3, 0.4) is 0 Å². The van der Waals surface area contributed by atoms with Crippen LogP contribution >= 0.6 is 0 Å². The number of hydrogen-bond donors (Lipinski definition) is 1. The van der Waals surface area contributed by atoms with Gasteiger partial charge in [-0.05, 0) is 31.4 Å². The first kappa shape index (κ1) is 11.2. The van der Waals surface area contributed by atoms with E-state index >= 15 is 0 Å². The lowest BCUT2D eigenvalue weighted by molar-refractivity contribution is 0.137. The first-order valence-corrected chi connectivity index (χ1v) is 6.32. The van der Waals surface area contributed by atoms with Crippen LogP contribution in [0, 0.1) is 11.3 Å². The van der Waals surface area contributed by atoms with Crippen LogP contribution < -0.4 is 0 Å². The zero-order valence-electron chi connectivity index (χ0n) is 10.1. The zero-order valence-corrected chi connectivity index (χ0v) is 10.1. The summed E-state index contributed by atoms with van der Waals surface area (Å²) in [6, 6.07) is 10.1. The van der Waals surface area contributed by atoms with E-state index < -0.39 is 0 Å². The van der Waals surface area contributed by atoms with E-state index in [9.17, 15) is 5.11 Å². The van der Waals surface area contributed by atoms with Crippen molar-refractivity contribution < 1.29 is 5.11 Å². The third-order valence-electron chi connectivity index (χ3n) is 3.68. The molecule has 1 aliphatic carbocycles. The fourth-order valence-corrected chi connectivity index (χ4v) is 2.88. The Morgan fingerprint density at radius 3 is 2.94 bits per heavy atom. The lowest BCUT2D eigenvalue weighted by Gasteiger charge is -2.19. The van der Waals surface area contributed by atoms with Gasteiger partial charge in [0, 0.05) is 0 Å². The van der Waals surface area contributed by atoms with E-state index in [1.165, 1.54) is 0 Å². The number of nitrogens with zero attached hydrogens (tertiary/aromatic N) is 3. The Morgan fingerprint density at radius 1 is 1.39 bits per heavy atom. The zero-order chi connectivity index (χ0) is 12.5. The molecule has 1 aromatic heterocycles. The molecule has 0 aliphatic heterocycles. The minimum absolute atomic E-state index is 0.0701. The largest absolute Gasteiger partial charge is 0.391 e. The molecular weight excluding hydrogens is 226 g/mol. The van der Waals surface area contributed by atoms with E-state index in [1.807, 2.05) is 24.3 Å². The molecule has 0 saturated heterocycles. The maximum Gasteiger partial charge on any atom is 0.124 e. The Hall–Kier alpha value is -1.86. The molecule has 3 rings (SSSR count). The summed E-state index contributed by atoms with van der Waals surface area (Å²) in [6.45, 7) is 0. The number of benzene rings is 1. The van der Waals surface area contributed by atoms with Gasteiger partial charge in [0.25, 0.3) is 0 Å². The molecular formula is C14H15N3O. The average molecular weight is 241 g/mol. The number of hydrogen-bond acceptors (Lipinski definition) is 3. The third kappa shape index (κ3) is 1.68. The van der Waals surface area contributed by atoms with Gasteiger partial charge in [-0.25, -0.2) is 4.98 Å². The molecule has 1 aromatic carbocycles. The van der Waals surface area contributed by atoms with Crippen LogP contribution in [0.2, 0.25) is 0 Å². The van der Waals surface area contributed by atoms with Gasteiger partial charge >= 0.3 is 0 Å². The van der Waals surface area contributed by atoms with E-state index in [-0.39, 0.29) is 18.6 Å². The van der Waals surface area contributed by atoms with Crippen LogP contribution in [0.1, 0.15) is 31.1 Å². The van der Waals surface area contributed by atoms with Crippen molar-refractivity contribution in [2.45, 2.75) is 37.8 Å². The van der Waals surface area contributed by atoms with E-state index in [0.29, 0.717) is 0 Å². The third-order valence-corrected chi connectivity index (χ3v) is 3.68. The van der Waals surface area contributed by atoms with Crippen molar-refractivity contribution >= 4 is 11.0 Å². The average Bonchev–Trinajstić information content (AvgIpc) is 2.93. The van der Waals surface area contributed by atoms with Crippen molar-refractivity contribution in [3.05, 3.63) is 30.1 Å². The molecule has 1 N–H and O–H groups in total. The minimum Gasteiger partial charge on any atom is -0.391 e. The Morgan fingerprint density at radius 2 is 2.22 bits per heavy atom. The highest BCUT2D eigenvalue weighted by molar-refractivity contribution is 5.76.